The second-order valence-electron chi connectivity index (χ2n) is 7.48. The molecule has 1 aliphatic rings. The highest BCUT2D eigenvalue weighted by Gasteiger charge is 2.43. The zero-order valence-corrected chi connectivity index (χ0v) is 17.1. The summed E-state index contributed by atoms with van der Waals surface area (Å²) in [5.41, 5.74) is 7.14. The van der Waals surface area contributed by atoms with Crippen molar-refractivity contribution in [3.05, 3.63) is 70.9 Å². The van der Waals surface area contributed by atoms with Crippen LogP contribution in [0.2, 0.25) is 0 Å². The minimum atomic E-state index is -1.03. The number of aromatic nitrogens is 2. The second kappa shape index (κ2) is 8.29. The van der Waals surface area contributed by atoms with Crippen LogP contribution in [-0.2, 0) is 6.54 Å². The van der Waals surface area contributed by atoms with E-state index in [1.165, 1.54) is 19.2 Å². The predicted octanol–water partition coefficient (Wildman–Crippen LogP) is 2.27. The summed E-state index contributed by atoms with van der Waals surface area (Å²) in [7, 11) is 1.40. The van der Waals surface area contributed by atoms with Gasteiger partial charge in [-0.15, -0.1) is 0 Å². The molecule has 8 nitrogen and oxygen atoms in total. The highest BCUT2D eigenvalue weighted by molar-refractivity contribution is 5.98. The van der Waals surface area contributed by atoms with E-state index >= 15 is 0 Å². The van der Waals surface area contributed by atoms with E-state index in [9.17, 15) is 18.4 Å². The molecular weight excluding hydrogens is 420 g/mol. The van der Waals surface area contributed by atoms with Gasteiger partial charge >= 0.3 is 0 Å². The molecule has 166 valence electrons. The summed E-state index contributed by atoms with van der Waals surface area (Å²) in [4.78, 5) is 28.7. The van der Waals surface area contributed by atoms with E-state index in [-0.39, 0.29) is 35.1 Å². The number of methoxy groups -OCH3 is 1. The van der Waals surface area contributed by atoms with E-state index in [2.05, 4.69) is 10.3 Å². The molecule has 5 N–H and O–H groups in total. The first kappa shape index (κ1) is 21.3. The maximum Gasteiger partial charge on any atom is 0.269 e. The van der Waals surface area contributed by atoms with E-state index in [4.69, 9.17) is 16.3 Å². The monoisotopic (exact) mass is 441 g/mol. The Bertz CT molecular complexity index is 1190. The fourth-order valence-corrected chi connectivity index (χ4v) is 3.50. The van der Waals surface area contributed by atoms with E-state index in [0.29, 0.717) is 12.0 Å². The Balaban J connectivity index is 1.51. The van der Waals surface area contributed by atoms with Crippen molar-refractivity contribution in [2.24, 2.45) is 5.73 Å². The minimum absolute atomic E-state index is 0.00153. The molecule has 4 rings (SSSR count). The number of hydrogen-bond donors (Lipinski definition) is 3. The van der Waals surface area contributed by atoms with Crippen LogP contribution in [0.3, 0.4) is 0 Å². The molecule has 1 heterocycles. The zero-order chi connectivity index (χ0) is 23.0. The first-order valence-corrected chi connectivity index (χ1v) is 9.82. The van der Waals surface area contributed by atoms with Crippen LogP contribution in [0.15, 0.2) is 42.5 Å². The first-order chi connectivity index (χ1) is 15.3. The fraction of sp³-hybridized carbons (Fsp3) is 0.227. The van der Waals surface area contributed by atoms with Crippen LogP contribution in [0.25, 0.3) is 11.3 Å². The van der Waals surface area contributed by atoms with Gasteiger partial charge in [0, 0.05) is 12.1 Å². The third kappa shape index (κ3) is 3.98. The number of hydrogen-bond acceptors (Lipinski definition) is 5. The van der Waals surface area contributed by atoms with Crippen molar-refractivity contribution in [3.63, 3.8) is 0 Å². The van der Waals surface area contributed by atoms with Gasteiger partial charge < -0.3 is 21.6 Å². The van der Waals surface area contributed by atoms with Gasteiger partial charge in [0.25, 0.3) is 11.8 Å². The summed E-state index contributed by atoms with van der Waals surface area (Å²) in [5, 5.41) is 2.71. The molecule has 32 heavy (non-hydrogen) atoms. The molecule has 0 bridgehead atoms. The third-order valence-corrected chi connectivity index (χ3v) is 5.30. The summed E-state index contributed by atoms with van der Waals surface area (Å²) in [6.07, 6.45) is -0.725. The van der Waals surface area contributed by atoms with Gasteiger partial charge in [-0.1, -0.05) is 24.3 Å². The summed E-state index contributed by atoms with van der Waals surface area (Å²) in [6, 6.07) is 10.5. The van der Waals surface area contributed by atoms with Crippen LogP contribution >= 0.6 is 0 Å². The number of alkyl halides is 1. The SMILES string of the molecule is COc1ccc(F)cc1C(=O)NCc1ccc(-c2nc(C3CC3F)n(N)c2C(N)=O)cc1. The van der Waals surface area contributed by atoms with Crippen LogP contribution in [0.4, 0.5) is 8.78 Å². The predicted molar refractivity (Wildman–Crippen MR) is 113 cm³/mol. The Morgan fingerprint density at radius 1 is 1.25 bits per heavy atom. The lowest BCUT2D eigenvalue weighted by molar-refractivity contribution is 0.0946. The topological polar surface area (TPSA) is 125 Å². The van der Waals surface area contributed by atoms with Gasteiger partial charge in [-0.25, -0.2) is 18.4 Å². The number of carbonyl (C=O) groups excluding carboxylic acids is 2. The van der Waals surface area contributed by atoms with E-state index in [0.717, 1.165) is 16.3 Å². The number of nitrogens with one attached hydrogen (secondary N) is 1. The zero-order valence-electron chi connectivity index (χ0n) is 17.1. The molecule has 1 saturated carbocycles. The van der Waals surface area contributed by atoms with E-state index in [1.54, 1.807) is 24.3 Å². The summed E-state index contributed by atoms with van der Waals surface area (Å²) in [6.45, 7) is 0.170. The molecule has 2 amide bonds. The molecule has 0 aliphatic heterocycles. The van der Waals surface area contributed by atoms with Crippen molar-refractivity contribution in [2.75, 3.05) is 13.0 Å². The number of benzene rings is 2. The summed E-state index contributed by atoms with van der Waals surface area (Å²) >= 11 is 0. The highest BCUT2D eigenvalue weighted by Crippen LogP contribution is 2.43. The maximum atomic E-state index is 13.5. The third-order valence-electron chi connectivity index (χ3n) is 5.30. The summed E-state index contributed by atoms with van der Waals surface area (Å²) < 4.78 is 33.2. The Morgan fingerprint density at radius 2 is 1.94 bits per heavy atom. The molecule has 1 aliphatic carbocycles. The number of imidazole rings is 1. The van der Waals surface area contributed by atoms with Crippen molar-refractivity contribution in [1.82, 2.24) is 15.0 Å². The van der Waals surface area contributed by atoms with E-state index in [1.807, 2.05) is 0 Å². The average molecular weight is 441 g/mol. The number of nitrogens with two attached hydrogens (primary N) is 2. The number of amides is 2. The summed E-state index contributed by atoms with van der Waals surface area (Å²) in [5.74, 6) is 4.25. The lowest BCUT2D eigenvalue weighted by Gasteiger charge is -2.10. The van der Waals surface area contributed by atoms with Gasteiger partial charge in [-0.3, -0.25) is 9.59 Å². The largest absolute Gasteiger partial charge is 0.496 e. The Hall–Kier alpha value is -3.95. The molecule has 0 spiro atoms. The Kier molecular flexibility index (Phi) is 5.52. The van der Waals surface area contributed by atoms with Crippen LogP contribution in [0.1, 0.15) is 44.6 Å². The molecule has 1 aromatic heterocycles. The normalized spacial score (nSPS) is 17.1. The van der Waals surface area contributed by atoms with Crippen LogP contribution in [0.5, 0.6) is 5.75 Å². The van der Waals surface area contributed by atoms with Crippen molar-refractivity contribution in [1.29, 1.82) is 0 Å². The fourth-order valence-electron chi connectivity index (χ4n) is 3.50. The molecule has 0 saturated heterocycles. The lowest BCUT2D eigenvalue weighted by Crippen LogP contribution is -2.24. The standard InChI is InChI=1S/C22H21F2N5O3/c1-32-17-7-6-13(23)8-15(17)22(31)27-10-11-2-4-12(5-3-11)18-19(20(25)30)29(26)21(28-18)14-9-16(14)24/h2-8,14,16H,9-10,26H2,1H3,(H2,25,30)(H,27,31). The van der Waals surface area contributed by atoms with Crippen LogP contribution in [-0.4, -0.2) is 34.8 Å². The Labute approximate surface area is 182 Å². The molecule has 0 radical (unpaired) electrons. The minimum Gasteiger partial charge on any atom is -0.496 e. The number of carbonyl (C=O) groups is 2. The average Bonchev–Trinajstić information content (AvgIpc) is 3.39. The molecular formula is C22H21F2N5O3. The number of halogens is 2. The maximum absolute atomic E-state index is 13.5. The van der Waals surface area contributed by atoms with Gasteiger partial charge in [0.1, 0.15) is 29.3 Å². The number of nitrogen functional groups attached to an aromatic ring is 1. The van der Waals surface area contributed by atoms with Crippen LogP contribution < -0.4 is 21.6 Å². The smallest absolute Gasteiger partial charge is 0.269 e. The molecule has 10 heteroatoms. The number of rotatable bonds is 7. The first-order valence-electron chi connectivity index (χ1n) is 9.82. The lowest BCUT2D eigenvalue weighted by atomic mass is 10.1. The van der Waals surface area contributed by atoms with Gasteiger partial charge in [0.2, 0.25) is 0 Å². The number of nitrogens with zero attached hydrogens (tertiary/aromatic N) is 2. The van der Waals surface area contributed by atoms with Crippen molar-refractivity contribution < 1.29 is 23.1 Å². The van der Waals surface area contributed by atoms with Gasteiger partial charge in [-0.05, 0) is 30.2 Å². The van der Waals surface area contributed by atoms with Crippen molar-refractivity contribution >= 4 is 11.8 Å². The second-order valence-corrected chi connectivity index (χ2v) is 7.48. The Morgan fingerprint density at radius 3 is 2.53 bits per heavy atom. The van der Waals surface area contributed by atoms with Gasteiger partial charge in [0.15, 0.2) is 5.69 Å². The van der Waals surface area contributed by atoms with Crippen molar-refractivity contribution in [3.8, 4) is 17.0 Å². The molecule has 2 unspecified atom stereocenters. The van der Waals surface area contributed by atoms with Gasteiger partial charge in [-0.2, -0.15) is 0 Å². The molecule has 2 aromatic carbocycles. The number of primary amides is 1. The quantitative estimate of drug-likeness (QED) is 0.485. The molecule has 3 aromatic rings. The highest BCUT2D eigenvalue weighted by atomic mass is 19.1. The van der Waals surface area contributed by atoms with Crippen LogP contribution in [0, 0.1) is 5.82 Å². The van der Waals surface area contributed by atoms with Crippen molar-refractivity contribution in [2.45, 2.75) is 25.1 Å². The van der Waals surface area contributed by atoms with E-state index < -0.39 is 29.7 Å². The van der Waals surface area contributed by atoms with Gasteiger partial charge in [0.05, 0.1) is 18.6 Å². The molecule has 2 atom stereocenters. The molecule has 1 fully saturated rings. The number of ether oxygens (including phenoxy) is 1.